The Morgan fingerprint density at radius 1 is 1.26 bits per heavy atom. The Hall–Kier alpha value is -1.58. The van der Waals surface area contributed by atoms with E-state index in [-0.39, 0.29) is 6.04 Å². The zero-order chi connectivity index (χ0) is 16.4. The standard InChI is InChI=1S/C14H15F2N3O2S2/c15-10-1-2-12(16)13(9-10)23(20,21)18-11-3-6-19(7-4-11)14-17-5-8-22-14/h1-2,5,8-9,11,18H,3-4,6-7H2. The molecule has 1 aromatic carbocycles. The fourth-order valence-electron chi connectivity index (χ4n) is 2.53. The Balaban J connectivity index is 1.67. The van der Waals surface area contributed by atoms with Crippen LogP contribution in [0.4, 0.5) is 13.9 Å². The molecule has 1 aliphatic rings. The number of halogens is 2. The van der Waals surface area contributed by atoms with E-state index in [1.54, 1.807) is 6.20 Å². The highest BCUT2D eigenvalue weighted by atomic mass is 32.2. The van der Waals surface area contributed by atoms with Gasteiger partial charge < -0.3 is 4.90 Å². The van der Waals surface area contributed by atoms with Gasteiger partial charge in [0.25, 0.3) is 0 Å². The predicted molar refractivity (Wildman–Crippen MR) is 84.0 cm³/mol. The number of hydrogen-bond acceptors (Lipinski definition) is 5. The van der Waals surface area contributed by atoms with Crippen LogP contribution in [0.2, 0.25) is 0 Å². The summed E-state index contributed by atoms with van der Waals surface area (Å²) in [7, 11) is -4.08. The Morgan fingerprint density at radius 2 is 2.00 bits per heavy atom. The van der Waals surface area contributed by atoms with Gasteiger partial charge in [0.2, 0.25) is 10.0 Å². The topological polar surface area (TPSA) is 62.3 Å². The minimum Gasteiger partial charge on any atom is -0.348 e. The Bertz CT molecular complexity index is 773. The van der Waals surface area contributed by atoms with Crippen molar-refractivity contribution in [3.8, 4) is 0 Å². The highest BCUT2D eigenvalue weighted by Crippen LogP contribution is 2.23. The number of sulfonamides is 1. The lowest BCUT2D eigenvalue weighted by Crippen LogP contribution is -2.44. The lowest BCUT2D eigenvalue weighted by atomic mass is 10.1. The van der Waals surface area contributed by atoms with Gasteiger partial charge in [-0.3, -0.25) is 0 Å². The first kappa shape index (κ1) is 16.3. The van der Waals surface area contributed by atoms with Gasteiger partial charge in [-0.1, -0.05) is 0 Å². The van der Waals surface area contributed by atoms with Crippen molar-refractivity contribution in [1.29, 1.82) is 0 Å². The molecule has 1 saturated heterocycles. The van der Waals surface area contributed by atoms with Gasteiger partial charge in [-0.05, 0) is 31.0 Å². The lowest BCUT2D eigenvalue weighted by molar-refractivity contribution is 0.457. The number of benzene rings is 1. The largest absolute Gasteiger partial charge is 0.348 e. The monoisotopic (exact) mass is 359 g/mol. The second-order valence-electron chi connectivity index (χ2n) is 5.27. The van der Waals surface area contributed by atoms with Gasteiger partial charge in [-0.25, -0.2) is 26.9 Å². The van der Waals surface area contributed by atoms with Crippen LogP contribution >= 0.6 is 11.3 Å². The first-order valence-electron chi connectivity index (χ1n) is 7.07. The molecule has 23 heavy (non-hydrogen) atoms. The molecule has 2 aromatic rings. The number of hydrogen-bond donors (Lipinski definition) is 1. The maximum absolute atomic E-state index is 13.7. The van der Waals surface area contributed by atoms with E-state index >= 15 is 0 Å². The summed E-state index contributed by atoms with van der Waals surface area (Å²) in [4.78, 5) is 5.65. The van der Waals surface area contributed by atoms with Crippen molar-refractivity contribution >= 4 is 26.5 Å². The number of nitrogens with zero attached hydrogens (tertiary/aromatic N) is 2. The minimum atomic E-state index is -4.08. The van der Waals surface area contributed by atoms with E-state index in [0.717, 1.165) is 17.3 Å². The van der Waals surface area contributed by atoms with Gasteiger partial charge in [0.05, 0.1) is 0 Å². The van der Waals surface area contributed by atoms with Gasteiger partial charge in [0.1, 0.15) is 16.5 Å². The van der Waals surface area contributed by atoms with Gasteiger partial charge in [0.15, 0.2) is 5.13 Å². The lowest BCUT2D eigenvalue weighted by Gasteiger charge is -2.31. The maximum atomic E-state index is 13.7. The zero-order valence-corrected chi connectivity index (χ0v) is 13.7. The molecule has 0 saturated carbocycles. The molecular formula is C14H15F2N3O2S2. The average Bonchev–Trinajstić information content (AvgIpc) is 3.04. The average molecular weight is 359 g/mol. The number of nitrogens with one attached hydrogen (secondary N) is 1. The maximum Gasteiger partial charge on any atom is 0.243 e. The number of thiazole rings is 1. The third kappa shape index (κ3) is 3.67. The summed E-state index contributed by atoms with van der Waals surface area (Å²) in [5.41, 5.74) is 0. The molecule has 0 bridgehead atoms. The van der Waals surface area contributed by atoms with Crippen molar-refractivity contribution in [2.45, 2.75) is 23.8 Å². The third-order valence-corrected chi connectivity index (χ3v) is 6.06. The van der Waals surface area contributed by atoms with Gasteiger partial charge in [0, 0.05) is 30.7 Å². The highest BCUT2D eigenvalue weighted by molar-refractivity contribution is 7.89. The van der Waals surface area contributed by atoms with Gasteiger partial charge in [-0.15, -0.1) is 11.3 Å². The smallest absolute Gasteiger partial charge is 0.243 e. The molecule has 0 atom stereocenters. The van der Waals surface area contributed by atoms with Crippen LogP contribution in [0.25, 0.3) is 0 Å². The van der Waals surface area contributed by atoms with Crippen molar-refractivity contribution in [3.05, 3.63) is 41.4 Å². The highest BCUT2D eigenvalue weighted by Gasteiger charge is 2.27. The van der Waals surface area contributed by atoms with E-state index in [0.29, 0.717) is 32.0 Å². The fourth-order valence-corrected chi connectivity index (χ4v) is 4.62. The summed E-state index contributed by atoms with van der Waals surface area (Å²) >= 11 is 1.53. The first-order valence-corrected chi connectivity index (χ1v) is 9.44. The van der Waals surface area contributed by atoms with Crippen molar-refractivity contribution in [1.82, 2.24) is 9.71 Å². The van der Waals surface area contributed by atoms with Crippen molar-refractivity contribution in [2.24, 2.45) is 0 Å². The molecule has 124 valence electrons. The SMILES string of the molecule is O=S(=O)(NC1CCN(c2nccs2)CC1)c1cc(F)ccc1F. The number of piperidine rings is 1. The van der Waals surface area contributed by atoms with E-state index in [4.69, 9.17) is 0 Å². The van der Waals surface area contributed by atoms with Crippen LogP contribution in [-0.2, 0) is 10.0 Å². The summed E-state index contributed by atoms with van der Waals surface area (Å²) in [5, 5.41) is 2.79. The molecule has 0 amide bonds. The summed E-state index contributed by atoms with van der Waals surface area (Å²) in [5.74, 6) is -1.75. The molecule has 0 radical (unpaired) electrons. The van der Waals surface area contributed by atoms with Crippen molar-refractivity contribution in [2.75, 3.05) is 18.0 Å². The molecule has 0 unspecified atom stereocenters. The molecular weight excluding hydrogens is 344 g/mol. The molecule has 1 N–H and O–H groups in total. The number of anilines is 1. The molecule has 3 rings (SSSR count). The van der Waals surface area contributed by atoms with Gasteiger partial charge >= 0.3 is 0 Å². The van der Waals surface area contributed by atoms with Crippen LogP contribution in [0.1, 0.15) is 12.8 Å². The summed E-state index contributed by atoms with van der Waals surface area (Å²) < 4.78 is 53.8. The van der Waals surface area contributed by atoms with Crippen LogP contribution < -0.4 is 9.62 Å². The molecule has 1 aliphatic heterocycles. The molecule has 9 heteroatoms. The summed E-state index contributed by atoms with van der Waals surface area (Å²) in [6.45, 7) is 1.32. The Kier molecular flexibility index (Phi) is 4.60. The fraction of sp³-hybridized carbons (Fsp3) is 0.357. The van der Waals surface area contributed by atoms with E-state index in [1.807, 2.05) is 5.38 Å². The Morgan fingerprint density at radius 3 is 2.65 bits per heavy atom. The van der Waals surface area contributed by atoms with E-state index in [9.17, 15) is 17.2 Å². The van der Waals surface area contributed by atoms with E-state index < -0.39 is 26.6 Å². The molecule has 0 spiro atoms. The van der Waals surface area contributed by atoms with Crippen molar-refractivity contribution < 1.29 is 17.2 Å². The molecule has 5 nitrogen and oxygen atoms in total. The number of rotatable bonds is 4. The second-order valence-corrected chi connectivity index (χ2v) is 7.83. The molecule has 1 fully saturated rings. The molecule has 2 heterocycles. The summed E-state index contributed by atoms with van der Waals surface area (Å²) in [6.07, 6.45) is 2.88. The van der Waals surface area contributed by atoms with Crippen LogP contribution in [-0.4, -0.2) is 32.5 Å². The normalized spacial score (nSPS) is 16.7. The molecule has 1 aromatic heterocycles. The Labute approximate surface area is 137 Å². The second kappa shape index (κ2) is 6.50. The molecule has 0 aliphatic carbocycles. The minimum absolute atomic E-state index is 0.307. The summed E-state index contributed by atoms with van der Waals surface area (Å²) in [6, 6.07) is 2.09. The van der Waals surface area contributed by atoms with Gasteiger partial charge in [-0.2, -0.15) is 0 Å². The van der Waals surface area contributed by atoms with Crippen LogP contribution in [0.3, 0.4) is 0 Å². The number of aromatic nitrogens is 1. The van der Waals surface area contributed by atoms with Crippen molar-refractivity contribution in [3.63, 3.8) is 0 Å². The van der Waals surface area contributed by atoms with Crippen LogP contribution in [0, 0.1) is 11.6 Å². The first-order chi connectivity index (χ1) is 11.0. The third-order valence-electron chi connectivity index (χ3n) is 3.69. The quantitative estimate of drug-likeness (QED) is 0.910. The van der Waals surface area contributed by atoms with E-state index in [2.05, 4.69) is 14.6 Å². The van der Waals surface area contributed by atoms with Crippen LogP contribution in [0.15, 0.2) is 34.7 Å². The van der Waals surface area contributed by atoms with E-state index in [1.165, 1.54) is 11.3 Å². The zero-order valence-electron chi connectivity index (χ0n) is 12.1. The van der Waals surface area contributed by atoms with Crippen LogP contribution in [0.5, 0.6) is 0 Å². The predicted octanol–water partition coefficient (Wildman–Crippen LogP) is 2.37.